The predicted molar refractivity (Wildman–Crippen MR) is 70.4 cm³/mol. The fraction of sp³-hybridized carbons (Fsp3) is 0. The highest BCUT2D eigenvalue weighted by molar-refractivity contribution is 6.33. The van der Waals surface area contributed by atoms with Crippen LogP contribution in [-0.4, -0.2) is 10.2 Å². The van der Waals surface area contributed by atoms with E-state index in [9.17, 15) is 0 Å². The first-order valence-corrected chi connectivity index (χ1v) is 5.87. The normalized spacial score (nSPS) is 8.47. The van der Waals surface area contributed by atoms with Crippen molar-refractivity contribution in [2.24, 2.45) is 0 Å². The van der Waals surface area contributed by atoms with E-state index in [2.05, 4.69) is 12.0 Å². The quantitative estimate of drug-likeness (QED) is 0.455. The first-order valence-electron chi connectivity index (χ1n) is 4.87. The van der Waals surface area contributed by atoms with Crippen molar-refractivity contribution in [3.63, 3.8) is 0 Å². The number of hydrogen-bond acceptors (Lipinski definition) is 0. The van der Waals surface area contributed by atoms with Gasteiger partial charge in [-0.25, -0.2) is 0 Å². The fourth-order valence-corrected chi connectivity index (χ4v) is 1.62. The van der Waals surface area contributed by atoms with E-state index in [1.807, 2.05) is 54.6 Å². The minimum absolute atomic E-state index is 1.04. The summed E-state index contributed by atoms with van der Waals surface area (Å²) in [6.45, 7) is 0. The molecule has 0 nitrogen and oxygen atoms in total. The van der Waals surface area contributed by atoms with Crippen LogP contribution in [0.25, 0.3) is 0 Å². The smallest absolute Gasteiger partial charge is 0.0401 e. The van der Waals surface area contributed by atoms with Crippen LogP contribution in [-0.2, 0) is 0 Å². The van der Waals surface area contributed by atoms with Crippen molar-refractivity contribution in [1.29, 1.82) is 0 Å². The molecule has 2 aromatic rings. The lowest BCUT2D eigenvalue weighted by molar-refractivity contribution is 1.71. The van der Waals surface area contributed by atoms with Crippen molar-refractivity contribution in [3.05, 3.63) is 66.2 Å². The summed E-state index contributed by atoms with van der Waals surface area (Å²) in [5, 5.41) is 1.31. The van der Waals surface area contributed by atoms with Crippen LogP contribution in [0.3, 0.4) is 0 Å². The van der Waals surface area contributed by atoms with E-state index in [0.29, 0.717) is 0 Å². The Morgan fingerprint density at radius 1 is 0.800 bits per heavy atom. The van der Waals surface area contributed by atoms with Crippen molar-refractivity contribution in [3.8, 4) is 12.3 Å². The zero-order valence-electron chi connectivity index (χ0n) is 8.85. The fourth-order valence-electron chi connectivity index (χ4n) is 1.12. The SMILES string of the molecule is C#Cc1ccccc1[SiH3].c1ccccc1. The third-order valence-electron chi connectivity index (χ3n) is 1.97. The summed E-state index contributed by atoms with van der Waals surface area (Å²) in [4.78, 5) is 0. The standard InChI is InChI=1S/C8H8Si.C6H6/c1-2-7-5-3-4-6-8(7)9;1-2-4-6-5-3-1/h1,3-6H,9H3;1-6H. The first-order chi connectivity index (χ1) is 7.34. The molecule has 0 spiro atoms. The second-order valence-electron chi connectivity index (χ2n) is 3.11. The van der Waals surface area contributed by atoms with Gasteiger partial charge in [0.05, 0.1) is 0 Å². The van der Waals surface area contributed by atoms with Crippen molar-refractivity contribution < 1.29 is 0 Å². The Morgan fingerprint density at radius 3 is 1.60 bits per heavy atom. The molecule has 0 atom stereocenters. The van der Waals surface area contributed by atoms with E-state index >= 15 is 0 Å². The number of benzene rings is 2. The zero-order chi connectivity index (χ0) is 10.9. The lowest BCUT2D eigenvalue weighted by Gasteiger charge is -1.92. The molecule has 0 heterocycles. The number of rotatable bonds is 0. The topological polar surface area (TPSA) is 0 Å². The van der Waals surface area contributed by atoms with E-state index in [4.69, 9.17) is 6.42 Å². The van der Waals surface area contributed by atoms with E-state index in [-0.39, 0.29) is 0 Å². The highest BCUT2D eigenvalue weighted by Crippen LogP contribution is 1.89. The Balaban J connectivity index is 0.000000162. The molecule has 0 saturated heterocycles. The largest absolute Gasteiger partial charge is 0.115 e. The van der Waals surface area contributed by atoms with Gasteiger partial charge in [0, 0.05) is 15.8 Å². The minimum Gasteiger partial charge on any atom is -0.115 e. The van der Waals surface area contributed by atoms with Crippen LogP contribution in [0.5, 0.6) is 0 Å². The van der Waals surface area contributed by atoms with Gasteiger partial charge in [0.25, 0.3) is 0 Å². The molecular weight excluding hydrogens is 196 g/mol. The van der Waals surface area contributed by atoms with Crippen LogP contribution in [0.4, 0.5) is 0 Å². The van der Waals surface area contributed by atoms with Crippen LogP contribution in [0, 0.1) is 12.3 Å². The van der Waals surface area contributed by atoms with Crippen LogP contribution in [0.1, 0.15) is 5.56 Å². The average Bonchev–Trinajstić information content (AvgIpc) is 2.33. The molecule has 1 heteroatoms. The number of hydrogen-bond donors (Lipinski definition) is 0. The molecule has 0 aliphatic heterocycles. The van der Waals surface area contributed by atoms with Crippen molar-refractivity contribution in [2.45, 2.75) is 0 Å². The Labute approximate surface area is 94.4 Å². The van der Waals surface area contributed by atoms with Gasteiger partial charge in [-0.2, -0.15) is 0 Å². The minimum atomic E-state index is 1.04. The highest BCUT2D eigenvalue weighted by Gasteiger charge is 1.87. The summed E-state index contributed by atoms with van der Waals surface area (Å²) in [6.07, 6.45) is 5.22. The van der Waals surface area contributed by atoms with Gasteiger partial charge < -0.3 is 0 Å². The lowest BCUT2D eigenvalue weighted by Crippen LogP contribution is -2.05. The van der Waals surface area contributed by atoms with E-state index in [1.54, 1.807) is 0 Å². The zero-order valence-corrected chi connectivity index (χ0v) is 10.9. The molecule has 0 unspecified atom stereocenters. The summed E-state index contributed by atoms with van der Waals surface area (Å²) in [5.74, 6) is 2.63. The maximum Gasteiger partial charge on any atom is 0.0401 e. The molecule has 0 amide bonds. The molecule has 0 aliphatic rings. The molecule has 0 aromatic heterocycles. The molecule has 0 saturated carbocycles. The maximum absolute atomic E-state index is 5.22. The Morgan fingerprint density at radius 2 is 1.27 bits per heavy atom. The Hall–Kier alpha value is -1.78. The third-order valence-corrected chi connectivity index (χ3v) is 2.84. The molecule has 2 rings (SSSR count). The van der Waals surface area contributed by atoms with Crippen LogP contribution in [0.15, 0.2) is 60.7 Å². The van der Waals surface area contributed by atoms with E-state index in [1.165, 1.54) is 5.19 Å². The van der Waals surface area contributed by atoms with E-state index in [0.717, 1.165) is 15.8 Å². The van der Waals surface area contributed by atoms with Gasteiger partial charge in [-0.1, -0.05) is 65.7 Å². The second-order valence-corrected chi connectivity index (χ2v) is 4.19. The molecule has 0 N–H and O–H groups in total. The lowest BCUT2D eigenvalue weighted by atomic mass is 10.2. The van der Waals surface area contributed by atoms with Gasteiger partial charge in [-0.3, -0.25) is 0 Å². The van der Waals surface area contributed by atoms with Crippen LogP contribution < -0.4 is 5.19 Å². The summed E-state index contributed by atoms with van der Waals surface area (Å²) in [5.41, 5.74) is 1.05. The molecule has 0 radical (unpaired) electrons. The summed E-state index contributed by atoms with van der Waals surface area (Å²) >= 11 is 0. The summed E-state index contributed by atoms with van der Waals surface area (Å²) in [6, 6.07) is 20.0. The van der Waals surface area contributed by atoms with Gasteiger partial charge in [-0.15, -0.1) is 6.42 Å². The van der Waals surface area contributed by atoms with Gasteiger partial charge in [-0.05, 0) is 6.07 Å². The Kier molecular flexibility index (Phi) is 5.00. The molecule has 2 aromatic carbocycles. The third kappa shape index (κ3) is 4.30. The van der Waals surface area contributed by atoms with E-state index < -0.39 is 0 Å². The monoisotopic (exact) mass is 210 g/mol. The number of terminal acetylenes is 1. The second kappa shape index (κ2) is 6.64. The van der Waals surface area contributed by atoms with Crippen molar-refractivity contribution in [2.75, 3.05) is 0 Å². The first kappa shape index (κ1) is 11.3. The molecule has 0 aliphatic carbocycles. The van der Waals surface area contributed by atoms with Gasteiger partial charge in [0.15, 0.2) is 0 Å². The van der Waals surface area contributed by atoms with Crippen LogP contribution >= 0.6 is 0 Å². The van der Waals surface area contributed by atoms with Gasteiger partial charge >= 0.3 is 0 Å². The Bertz CT molecular complexity index is 400. The molecule has 15 heavy (non-hydrogen) atoms. The predicted octanol–water partition coefficient (Wildman–Crippen LogP) is 1.35. The summed E-state index contributed by atoms with van der Waals surface area (Å²) < 4.78 is 0. The average molecular weight is 210 g/mol. The molecular formula is C14H14Si. The van der Waals surface area contributed by atoms with Crippen LogP contribution in [0.2, 0.25) is 0 Å². The van der Waals surface area contributed by atoms with Crippen molar-refractivity contribution >= 4 is 15.4 Å². The van der Waals surface area contributed by atoms with Crippen molar-refractivity contribution in [1.82, 2.24) is 0 Å². The molecule has 0 bridgehead atoms. The van der Waals surface area contributed by atoms with Gasteiger partial charge in [0.2, 0.25) is 0 Å². The maximum atomic E-state index is 5.22. The summed E-state index contributed by atoms with van der Waals surface area (Å²) in [7, 11) is 1.04. The van der Waals surface area contributed by atoms with Gasteiger partial charge in [0.1, 0.15) is 0 Å². The highest BCUT2D eigenvalue weighted by atomic mass is 28.1. The molecule has 74 valence electrons. The molecule has 0 fully saturated rings.